The molecule has 98 valence electrons. The van der Waals surface area contributed by atoms with Gasteiger partial charge < -0.3 is 10.6 Å². The number of aryl methyl sites for hydroxylation is 1. The number of carbonyl (C=O) groups is 1. The Hall–Kier alpha value is -1.42. The molecule has 18 heavy (non-hydrogen) atoms. The van der Waals surface area contributed by atoms with E-state index < -0.39 is 0 Å². The van der Waals surface area contributed by atoms with Gasteiger partial charge in [-0.15, -0.1) is 0 Å². The lowest BCUT2D eigenvalue weighted by atomic mass is 10.1. The van der Waals surface area contributed by atoms with E-state index in [0.29, 0.717) is 12.5 Å². The van der Waals surface area contributed by atoms with E-state index in [2.05, 4.69) is 15.6 Å². The van der Waals surface area contributed by atoms with Crippen LogP contribution in [0.2, 0.25) is 0 Å². The minimum atomic E-state index is 0.143. The zero-order chi connectivity index (χ0) is 12.6. The average Bonchev–Trinajstić information content (AvgIpc) is 2.91. The van der Waals surface area contributed by atoms with Crippen molar-refractivity contribution in [1.29, 1.82) is 0 Å². The maximum atomic E-state index is 11.6. The minimum absolute atomic E-state index is 0.143. The molecule has 4 heteroatoms. The molecule has 1 aromatic rings. The smallest absolute Gasteiger partial charge is 0.220 e. The zero-order valence-corrected chi connectivity index (χ0v) is 10.7. The van der Waals surface area contributed by atoms with Crippen molar-refractivity contribution in [2.24, 2.45) is 0 Å². The Labute approximate surface area is 108 Å². The summed E-state index contributed by atoms with van der Waals surface area (Å²) in [5.41, 5.74) is 1.16. The van der Waals surface area contributed by atoms with Crippen molar-refractivity contribution in [1.82, 2.24) is 15.6 Å². The average molecular weight is 247 g/mol. The molecule has 0 radical (unpaired) electrons. The third kappa shape index (κ3) is 4.45. The molecule has 1 aliphatic heterocycles. The molecule has 2 rings (SSSR count). The van der Waals surface area contributed by atoms with Gasteiger partial charge in [-0.05, 0) is 49.9 Å². The predicted octanol–water partition coefficient (Wildman–Crippen LogP) is 1.27. The van der Waals surface area contributed by atoms with E-state index in [9.17, 15) is 4.79 Å². The Morgan fingerprint density at radius 2 is 2.28 bits per heavy atom. The van der Waals surface area contributed by atoms with Crippen molar-refractivity contribution in [3.8, 4) is 0 Å². The van der Waals surface area contributed by atoms with Gasteiger partial charge in [-0.1, -0.05) is 0 Å². The van der Waals surface area contributed by atoms with E-state index in [1.54, 1.807) is 12.4 Å². The second-order valence-corrected chi connectivity index (χ2v) is 4.79. The number of hydrogen-bond donors (Lipinski definition) is 2. The lowest BCUT2D eigenvalue weighted by molar-refractivity contribution is -0.121. The standard InChI is InChI=1S/C14H21N3O/c18-14(4-3-12-5-9-15-10-6-12)17-11-7-13-2-1-8-16-13/h5-6,9-10,13,16H,1-4,7-8,11H2,(H,17,18)/t13-/m0/s1. The van der Waals surface area contributed by atoms with Gasteiger partial charge >= 0.3 is 0 Å². The second kappa shape index (κ2) is 7.11. The molecule has 1 saturated heterocycles. The Morgan fingerprint density at radius 3 is 3.00 bits per heavy atom. The Kier molecular flexibility index (Phi) is 5.15. The number of nitrogens with one attached hydrogen (secondary N) is 2. The normalized spacial score (nSPS) is 18.8. The van der Waals surface area contributed by atoms with Crippen LogP contribution < -0.4 is 10.6 Å². The molecule has 0 spiro atoms. The number of rotatable bonds is 6. The second-order valence-electron chi connectivity index (χ2n) is 4.79. The van der Waals surface area contributed by atoms with Crippen LogP contribution in [0.3, 0.4) is 0 Å². The molecule has 0 bridgehead atoms. The van der Waals surface area contributed by atoms with Gasteiger partial charge in [0.05, 0.1) is 0 Å². The number of hydrogen-bond acceptors (Lipinski definition) is 3. The fraction of sp³-hybridized carbons (Fsp3) is 0.571. The van der Waals surface area contributed by atoms with Gasteiger partial charge in [-0.2, -0.15) is 0 Å². The first-order chi connectivity index (χ1) is 8.84. The van der Waals surface area contributed by atoms with Crippen molar-refractivity contribution in [2.45, 2.75) is 38.1 Å². The molecule has 0 aromatic carbocycles. The summed E-state index contributed by atoms with van der Waals surface area (Å²) >= 11 is 0. The van der Waals surface area contributed by atoms with Gasteiger partial charge in [0.25, 0.3) is 0 Å². The van der Waals surface area contributed by atoms with Crippen molar-refractivity contribution in [3.05, 3.63) is 30.1 Å². The van der Waals surface area contributed by atoms with Crippen molar-refractivity contribution in [3.63, 3.8) is 0 Å². The first kappa shape index (κ1) is 13.0. The van der Waals surface area contributed by atoms with Crippen LogP contribution in [0.1, 0.15) is 31.2 Å². The molecule has 1 aromatic heterocycles. The maximum absolute atomic E-state index is 11.6. The lowest BCUT2D eigenvalue weighted by Crippen LogP contribution is -2.30. The van der Waals surface area contributed by atoms with Crippen molar-refractivity contribution in [2.75, 3.05) is 13.1 Å². The van der Waals surface area contributed by atoms with Crippen LogP contribution in [0.15, 0.2) is 24.5 Å². The first-order valence-corrected chi connectivity index (χ1v) is 6.73. The quantitative estimate of drug-likeness (QED) is 0.796. The summed E-state index contributed by atoms with van der Waals surface area (Å²) in [4.78, 5) is 15.6. The summed E-state index contributed by atoms with van der Waals surface area (Å²) in [7, 11) is 0. The van der Waals surface area contributed by atoms with E-state index in [1.165, 1.54) is 12.8 Å². The van der Waals surface area contributed by atoms with Crippen LogP contribution in [0, 0.1) is 0 Å². The molecule has 1 atom stereocenters. The molecule has 1 fully saturated rings. The van der Waals surface area contributed by atoms with Gasteiger partial charge in [0.2, 0.25) is 5.91 Å². The summed E-state index contributed by atoms with van der Waals surface area (Å²) in [5.74, 6) is 0.143. The fourth-order valence-electron chi connectivity index (χ4n) is 2.28. The van der Waals surface area contributed by atoms with Crippen molar-refractivity contribution < 1.29 is 4.79 Å². The van der Waals surface area contributed by atoms with Crippen LogP contribution in [-0.2, 0) is 11.2 Å². The molecular formula is C14H21N3O. The highest BCUT2D eigenvalue weighted by atomic mass is 16.1. The van der Waals surface area contributed by atoms with Crippen LogP contribution in [0.25, 0.3) is 0 Å². The summed E-state index contributed by atoms with van der Waals surface area (Å²) in [6, 6.07) is 4.51. The molecule has 2 N–H and O–H groups in total. The first-order valence-electron chi connectivity index (χ1n) is 6.73. The highest BCUT2D eigenvalue weighted by Gasteiger charge is 2.13. The molecule has 4 nitrogen and oxygen atoms in total. The summed E-state index contributed by atoms with van der Waals surface area (Å²) in [5, 5.41) is 6.42. The molecule has 0 aliphatic carbocycles. The third-order valence-electron chi connectivity index (χ3n) is 3.37. The van der Waals surface area contributed by atoms with E-state index >= 15 is 0 Å². The van der Waals surface area contributed by atoms with E-state index in [-0.39, 0.29) is 5.91 Å². The summed E-state index contributed by atoms with van der Waals surface area (Å²) in [6.07, 6.45) is 8.42. The molecule has 2 heterocycles. The fourth-order valence-corrected chi connectivity index (χ4v) is 2.28. The Balaban J connectivity index is 1.57. The highest BCUT2D eigenvalue weighted by molar-refractivity contribution is 5.76. The molecule has 1 amide bonds. The largest absolute Gasteiger partial charge is 0.356 e. The van der Waals surface area contributed by atoms with Gasteiger partial charge in [0.1, 0.15) is 0 Å². The van der Waals surface area contributed by atoms with E-state index in [1.807, 2.05) is 12.1 Å². The number of aromatic nitrogens is 1. The topological polar surface area (TPSA) is 54.0 Å². The third-order valence-corrected chi connectivity index (χ3v) is 3.37. The van der Waals surface area contributed by atoms with Gasteiger partial charge in [0, 0.05) is 31.4 Å². The monoisotopic (exact) mass is 247 g/mol. The number of amides is 1. The summed E-state index contributed by atoms with van der Waals surface area (Å²) < 4.78 is 0. The van der Waals surface area contributed by atoms with Gasteiger partial charge in [0.15, 0.2) is 0 Å². The Morgan fingerprint density at radius 1 is 1.44 bits per heavy atom. The number of pyridine rings is 1. The van der Waals surface area contributed by atoms with Gasteiger partial charge in [-0.3, -0.25) is 9.78 Å². The predicted molar refractivity (Wildman–Crippen MR) is 71.2 cm³/mol. The number of carbonyl (C=O) groups excluding carboxylic acids is 1. The minimum Gasteiger partial charge on any atom is -0.356 e. The number of nitrogens with zero attached hydrogens (tertiary/aromatic N) is 1. The van der Waals surface area contributed by atoms with Crippen LogP contribution >= 0.6 is 0 Å². The molecule has 0 saturated carbocycles. The lowest BCUT2D eigenvalue weighted by Gasteiger charge is -2.10. The maximum Gasteiger partial charge on any atom is 0.220 e. The SMILES string of the molecule is O=C(CCc1ccncc1)NCC[C@@H]1CCCN1. The van der Waals surface area contributed by atoms with Crippen molar-refractivity contribution >= 4 is 5.91 Å². The zero-order valence-electron chi connectivity index (χ0n) is 10.7. The molecular weight excluding hydrogens is 226 g/mol. The van der Waals surface area contributed by atoms with Gasteiger partial charge in [-0.25, -0.2) is 0 Å². The van der Waals surface area contributed by atoms with Crippen LogP contribution in [-0.4, -0.2) is 30.0 Å². The molecule has 0 unspecified atom stereocenters. The van der Waals surface area contributed by atoms with Crippen LogP contribution in [0.5, 0.6) is 0 Å². The molecule has 1 aliphatic rings. The van der Waals surface area contributed by atoms with Crippen LogP contribution in [0.4, 0.5) is 0 Å². The summed E-state index contributed by atoms with van der Waals surface area (Å²) in [6.45, 7) is 1.91. The Bertz CT molecular complexity index is 361. The van der Waals surface area contributed by atoms with E-state index in [4.69, 9.17) is 0 Å². The van der Waals surface area contributed by atoms with E-state index in [0.717, 1.165) is 31.5 Å². The highest BCUT2D eigenvalue weighted by Crippen LogP contribution is 2.07.